The predicted molar refractivity (Wildman–Crippen MR) is 141 cm³/mol. The Kier molecular flexibility index (Phi) is 8.26. The molecule has 1 amide bonds. The third-order valence-corrected chi connectivity index (χ3v) is 5.86. The molecule has 5 rings (SSSR count). The Hall–Kier alpha value is -4.23. The molecule has 0 fully saturated rings. The molecular formula is C29H30N4O3. The molecule has 0 radical (unpaired) electrons. The lowest BCUT2D eigenvalue weighted by molar-refractivity contribution is -0.134. The van der Waals surface area contributed by atoms with Gasteiger partial charge in [-0.1, -0.05) is 48.5 Å². The van der Waals surface area contributed by atoms with E-state index in [4.69, 9.17) is 9.90 Å². The SMILES string of the molecule is CC(=O)O.O=C1NCCc2[nH]c(-c3ccnc(-c4cccc(CNCCc5ccccc5)c4)c3)cc21. The summed E-state index contributed by atoms with van der Waals surface area (Å²) in [6, 6.07) is 25.0. The smallest absolute Gasteiger partial charge is 0.300 e. The highest BCUT2D eigenvalue weighted by Gasteiger charge is 2.20. The van der Waals surface area contributed by atoms with Crippen LogP contribution in [0.1, 0.15) is 34.1 Å². The highest BCUT2D eigenvalue weighted by Crippen LogP contribution is 2.27. The van der Waals surface area contributed by atoms with Crippen LogP contribution in [-0.4, -0.2) is 40.0 Å². The molecule has 0 atom stereocenters. The summed E-state index contributed by atoms with van der Waals surface area (Å²) < 4.78 is 0. The molecule has 1 aliphatic rings. The minimum absolute atomic E-state index is 0.00417. The molecular weight excluding hydrogens is 452 g/mol. The summed E-state index contributed by atoms with van der Waals surface area (Å²) in [6.07, 6.45) is 3.68. The molecule has 0 aliphatic carbocycles. The number of carboxylic acid groups (broad SMARTS) is 1. The summed E-state index contributed by atoms with van der Waals surface area (Å²) in [5.41, 5.74) is 8.32. The Morgan fingerprint density at radius 2 is 1.78 bits per heavy atom. The number of aromatic nitrogens is 2. The molecule has 1 aliphatic heterocycles. The molecule has 36 heavy (non-hydrogen) atoms. The fourth-order valence-corrected chi connectivity index (χ4v) is 4.16. The average Bonchev–Trinajstić information content (AvgIpc) is 3.33. The van der Waals surface area contributed by atoms with E-state index in [1.165, 1.54) is 11.1 Å². The Labute approximate surface area is 210 Å². The zero-order valence-corrected chi connectivity index (χ0v) is 20.3. The maximum absolute atomic E-state index is 12.1. The fourth-order valence-electron chi connectivity index (χ4n) is 4.16. The van der Waals surface area contributed by atoms with Crippen molar-refractivity contribution in [3.8, 4) is 22.5 Å². The standard InChI is InChI=1S/C27H26N4O.C2H4O2/c32-27-23-17-26(31-24(23)11-14-30-27)22-10-13-29-25(16-22)21-8-4-7-20(15-21)18-28-12-9-19-5-2-1-3-6-19;1-2(3)4/h1-8,10,13,15-17,28,31H,9,11-12,14,18H2,(H,30,32);1H3,(H,3,4). The number of amides is 1. The molecule has 0 saturated carbocycles. The number of hydrogen-bond donors (Lipinski definition) is 4. The molecule has 7 heteroatoms. The van der Waals surface area contributed by atoms with E-state index in [1.54, 1.807) is 0 Å². The van der Waals surface area contributed by atoms with E-state index in [-0.39, 0.29) is 5.91 Å². The van der Waals surface area contributed by atoms with Gasteiger partial charge in [-0.15, -0.1) is 0 Å². The first-order valence-corrected chi connectivity index (χ1v) is 12.0. The topological polar surface area (TPSA) is 107 Å². The fraction of sp³-hybridized carbons (Fsp3) is 0.207. The first-order valence-electron chi connectivity index (χ1n) is 12.0. The van der Waals surface area contributed by atoms with Crippen molar-refractivity contribution in [1.29, 1.82) is 0 Å². The van der Waals surface area contributed by atoms with Crippen molar-refractivity contribution in [2.24, 2.45) is 0 Å². The van der Waals surface area contributed by atoms with Crippen molar-refractivity contribution in [1.82, 2.24) is 20.6 Å². The van der Waals surface area contributed by atoms with Crippen LogP contribution in [0.2, 0.25) is 0 Å². The summed E-state index contributed by atoms with van der Waals surface area (Å²) in [7, 11) is 0. The van der Waals surface area contributed by atoms with Gasteiger partial charge in [-0.25, -0.2) is 0 Å². The van der Waals surface area contributed by atoms with E-state index >= 15 is 0 Å². The number of H-pyrrole nitrogens is 1. The maximum Gasteiger partial charge on any atom is 0.300 e. The second-order valence-corrected chi connectivity index (χ2v) is 8.64. The summed E-state index contributed by atoms with van der Waals surface area (Å²) >= 11 is 0. The van der Waals surface area contributed by atoms with Gasteiger partial charge in [0.25, 0.3) is 11.9 Å². The van der Waals surface area contributed by atoms with Crippen LogP contribution in [0.5, 0.6) is 0 Å². The molecule has 184 valence electrons. The summed E-state index contributed by atoms with van der Waals surface area (Å²) in [5.74, 6) is -0.838. The molecule has 0 spiro atoms. The first kappa shape index (κ1) is 24.9. The number of carboxylic acids is 1. The monoisotopic (exact) mass is 482 g/mol. The van der Waals surface area contributed by atoms with Gasteiger partial charge in [0.15, 0.2) is 0 Å². The zero-order chi connectivity index (χ0) is 25.3. The molecule has 0 bridgehead atoms. The van der Waals surface area contributed by atoms with Crippen LogP contribution in [0.25, 0.3) is 22.5 Å². The number of benzene rings is 2. The summed E-state index contributed by atoms with van der Waals surface area (Å²) in [5, 5.41) is 13.9. The van der Waals surface area contributed by atoms with E-state index < -0.39 is 5.97 Å². The van der Waals surface area contributed by atoms with Crippen LogP contribution in [0, 0.1) is 0 Å². The van der Waals surface area contributed by atoms with Crippen LogP contribution in [0.4, 0.5) is 0 Å². The van der Waals surface area contributed by atoms with Crippen molar-refractivity contribution >= 4 is 11.9 Å². The Bertz CT molecular complexity index is 1330. The van der Waals surface area contributed by atoms with Crippen molar-refractivity contribution in [2.75, 3.05) is 13.1 Å². The van der Waals surface area contributed by atoms with Crippen molar-refractivity contribution in [2.45, 2.75) is 26.3 Å². The molecule has 3 heterocycles. The highest BCUT2D eigenvalue weighted by atomic mass is 16.4. The van der Waals surface area contributed by atoms with Gasteiger partial charge in [0.2, 0.25) is 0 Å². The third kappa shape index (κ3) is 6.67. The number of hydrogen-bond acceptors (Lipinski definition) is 4. The number of pyridine rings is 1. The van der Waals surface area contributed by atoms with Crippen molar-refractivity contribution in [3.05, 3.63) is 101 Å². The maximum atomic E-state index is 12.1. The lowest BCUT2D eigenvalue weighted by Gasteiger charge is -2.11. The van der Waals surface area contributed by atoms with Gasteiger partial charge in [-0.3, -0.25) is 14.6 Å². The van der Waals surface area contributed by atoms with Gasteiger partial charge in [-0.2, -0.15) is 0 Å². The van der Waals surface area contributed by atoms with Gasteiger partial charge >= 0.3 is 0 Å². The second-order valence-electron chi connectivity index (χ2n) is 8.64. The number of nitrogens with one attached hydrogen (secondary N) is 3. The molecule has 0 saturated heterocycles. The number of rotatable bonds is 7. The van der Waals surface area contributed by atoms with Gasteiger partial charge in [-0.05, 0) is 48.4 Å². The normalized spacial score (nSPS) is 12.2. The van der Waals surface area contributed by atoms with E-state index in [9.17, 15) is 4.79 Å². The molecule has 2 aromatic heterocycles. The van der Waals surface area contributed by atoms with Gasteiger partial charge in [0, 0.05) is 55.1 Å². The predicted octanol–water partition coefficient (Wildman–Crippen LogP) is 4.45. The summed E-state index contributed by atoms with van der Waals surface area (Å²) in [6.45, 7) is 3.52. The van der Waals surface area contributed by atoms with Gasteiger partial charge in [0.1, 0.15) is 0 Å². The minimum atomic E-state index is -0.833. The van der Waals surface area contributed by atoms with E-state index in [0.717, 1.165) is 66.6 Å². The van der Waals surface area contributed by atoms with E-state index in [2.05, 4.69) is 75.2 Å². The van der Waals surface area contributed by atoms with E-state index in [0.29, 0.717) is 6.54 Å². The van der Waals surface area contributed by atoms with E-state index in [1.807, 2.05) is 24.4 Å². The van der Waals surface area contributed by atoms with Crippen LogP contribution in [-0.2, 0) is 24.2 Å². The lowest BCUT2D eigenvalue weighted by Crippen LogP contribution is -2.31. The molecule has 4 aromatic rings. The van der Waals surface area contributed by atoms with Crippen LogP contribution in [0.15, 0.2) is 79.0 Å². The summed E-state index contributed by atoms with van der Waals surface area (Å²) in [4.78, 5) is 29.1. The number of nitrogens with zero attached hydrogens (tertiary/aromatic N) is 1. The highest BCUT2D eigenvalue weighted by molar-refractivity contribution is 5.97. The third-order valence-electron chi connectivity index (χ3n) is 5.86. The van der Waals surface area contributed by atoms with Crippen molar-refractivity contribution < 1.29 is 14.7 Å². The Morgan fingerprint density at radius 3 is 2.56 bits per heavy atom. The largest absolute Gasteiger partial charge is 0.481 e. The second kappa shape index (κ2) is 12.0. The van der Waals surface area contributed by atoms with Crippen LogP contribution in [0.3, 0.4) is 0 Å². The molecule has 4 N–H and O–H groups in total. The Morgan fingerprint density at radius 1 is 1.00 bits per heavy atom. The quantitative estimate of drug-likeness (QED) is 0.291. The number of fused-ring (bicyclic) bond motifs is 1. The minimum Gasteiger partial charge on any atom is -0.481 e. The molecule has 7 nitrogen and oxygen atoms in total. The van der Waals surface area contributed by atoms with Gasteiger partial charge in [0.05, 0.1) is 11.3 Å². The number of aromatic amines is 1. The Balaban J connectivity index is 0.000000709. The van der Waals surface area contributed by atoms with Crippen LogP contribution < -0.4 is 10.6 Å². The average molecular weight is 483 g/mol. The van der Waals surface area contributed by atoms with Crippen LogP contribution >= 0.6 is 0 Å². The van der Waals surface area contributed by atoms with Gasteiger partial charge < -0.3 is 20.7 Å². The number of aliphatic carboxylic acids is 1. The molecule has 0 unspecified atom stereocenters. The lowest BCUT2D eigenvalue weighted by atomic mass is 10.0. The number of carbonyl (C=O) groups excluding carboxylic acids is 1. The van der Waals surface area contributed by atoms with Crippen molar-refractivity contribution in [3.63, 3.8) is 0 Å². The first-order chi connectivity index (χ1) is 17.5. The number of carbonyl (C=O) groups is 2. The zero-order valence-electron chi connectivity index (χ0n) is 20.3. The molecule has 2 aromatic carbocycles.